The molecule has 0 radical (unpaired) electrons. The van der Waals surface area contributed by atoms with Gasteiger partial charge in [0.1, 0.15) is 17.8 Å². The van der Waals surface area contributed by atoms with E-state index in [1.54, 1.807) is 65.8 Å². The fourth-order valence-electron chi connectivity index (χ4n) is 3.01. The summed E-state index contributed by atoms with van der Waals surface area (Å²) in [5, 5.41) is 3.18. The number of aromatic nitrogens is 2. The van der Waals surface area contributed by atoms with Crippen LogP contribution < -0.4 is 15.0 Å². The van der Waals surface area contributed by atoms with Crippen LogP contribution in [0.4, 0.5) is 21.4 Å². The topological polar surface area (TPSA) is 129 Å². The lowest BCUT2D eigenvalue weighted by atomic mass is 10.1. The fourth-order valence-corrected chi connectivity index (χ4v) is 3.01. The number of nitrogens with zero attached hydrogens (tertiary/aromatic N) is 3. The van der Waals surface area contributed by atoms with E-state index in [1.165, 1.54) is 13.3 Å². The van der Waals surface area contributed by atoms with Crippen LogP contribution in [0, 0.1) is 0 Å². The Morgan fingerprint density at radius 2 is 1.63 bits per heavy atom. The number of anilines is 2. The number of nitrogens with one attached hydrogen (secondary N) is 1. The molecule has 0 spiro atoms. The first-order valence-electron chi connectivity index (χ1n) is 12.4. The quantitative estimate of drug-likeness (QED) is 0.244. The van der Waals surface area contributed by atoms with E-state index in [0.29, 0.717) is 22.8 Å². The standard InChI is InChI=1S/C27H38N4O7/c1-9-10-14-28-21-20(36-17-18-12-11-13-19(15-18)22(32)35-8)16-29-23(30-21)31(24(33)37-26(2,3)4)25(34)38-27(5,6)7/h11-13,15-16H,9-10,14,17H2,1-8H3,(H,28,29,30). The first-order valence-corrected chi connectivity index (χ1v) is 12.4. The number of unbranched alkanes of at least 4 members (excludes halogenated alkanes) is 1. The number of hydrogen-bond donors (Lipinski definition) is 1. The minimum atomic E-state index is -0.973. The third kappa shape index (κ3) is 9.53. The molecule has 0 atom stereocenters. The van der Waals surface area contributed by atoms with Gasteiger partial charge < -0.3 is 24.3 Å². The first kappa shape index (κ1) is 30.3. The van der Waals surface area contributed by atoms with Crippen LogP contribution in [-0.2, 0) is 20.8 Å². The van der Waals surface area contributed by atoms with Gasteiger partial charge in [0.2, 0.25) is 5.95 Å². The van der Waals surface area contributed by atoms with E-state index in [4.69, 9.17) is 18.9 Å². The highest BCUT2D eigenvalue weighted by atomic mass is 16.6. The highest BCUT2D eigenvalue weighted by molar-refractivity contribution is 6.08. The van der Waals surface area contributed by atoms with Crippen LogP contribution in [-0.4, -0.2) is 53.0 Å². The fraction of sp³-hybridized carbons (Fsp3) is 0.519. The van der Waals surface area contributed by atoms with Crippen molar-refractivity contribution >= 4 is 29.9 Å². The van der Waals surface area contributed by atoms with Crippen molar-refractivity contribution < 1.29 is 33.3 Å². The van der Waals surface area contributed by atoms with E-state index in [0.717, 1.165) is 18.4 Å². The highest BCUT2D eigenvalue weighted by Gasteiger charge is 2.35. The summed E-state index contributed by atoms with van der Waals surface area (Å²) in [6, 6.07) is 6.84. The molecule has 1 aromatic carbocycles. The van der Waals surface area contributed by atoms with Crippen molar-refractivity contribution in [1.82, 2.24) is 9.97 Å². The average Bonchev–Trinajstić information content (AvgIpc) is 2.81. The molecule has 0 unspecified atom stereocenters. The van der Waals surface area contributed by atoms with Gasteiger partial charge in [-0.1, -0.05) is 25.5 Å². The molecule has 0 aliphatic carbocycles. The molecule has 11 heteroatoms. The van der Waals surface area contributed by atoms with Crippen LogP contribution >= 0.6 is 0 Å². The van der Waals surface area contributed by atoms with Crippen molar-refractivity contribution in [2.24, 2.45) is 0 Å². The molecule has 0 saturated heterocycles. The van der Waals surface area contributed by atoms with Crippen LogP contribution in [0.15, 0.2) is 30.5 Å². The van der Waals surface area contributed by atoms with Crippen LogP contribution in [0.25, 0.3) is 0 Å². The zero-order valence-electron chi connectivity index (χ0n) is 23.4. The molecule has 2 rings (SSSR count). The SMILES string of the molecule is CCCCNc1nc(N(C(=O)OC(C)(C)C)C(=O)OC(C)(C)C)ncc1OCc1cccc(C(=O)OC)c1. The van der Waals surface area contributed by atoms with Gasteiger partial charge in [-0.3, -0.25) is 0 Å². The largest absolute Gasteiger partial charge is 0.483 e. The second kappa shape index (κ2) is 13.1. The zero-order valence-corrected chi connectivity index (χ0v) is 23.4. The van der Waals surface area contributed by atoms with Gasteiger partial charge in [-0.25, -0.2) is 19.4 Å². The van der Waals surface area contributed by atoms with Crippen LogP contribution in [0.1, 0.15) is 77.2 Å². The highest BCUT2D eigenvalue weighted by Crippen LogP contribution is 2.27. The molecule has 1 aromatic heterocycles. The summed E-state index contributed by atoms with van der Waals surface area (Å²) in [7, 11) is 1.32. The maximum Gasteiger partial charge on any atom is 0.427 e. The Hall–Kier alpha value is -3.89. The summed E-state index contributed by atoms with van der Waals surface area (Å²) in [6.45, 7) is 12.8. The van der Waals surface area contributed by atoms with Gasteiger partial charge in [-0.2, -0.15) is 4.98 Å². The smallest absolute Gasteiger partial charge is 0.427 e. The zero-order chi connectivity index (χ0) is 28.5. The molecular formula is C27H38N4O7. The lowest BCUT2D eigenvalue weighted by Crippen LogP contribution is -2.44. The van der Waals surface area contributed by atoms with Crippen molar-refractivity contribution in [3.63, 3.8) is 0 Å². The van der Waals surface area contributed by atoms with Crippen molar-refractivity contribution in [2.75, 3.05) is 23.9 Å². The summed E-state index contributed by atoms with van der Waals surface area (Å²) >= 11 is 0. The third-order valence-corrected chi connectivity index (χ3v) is 4.66. The molecule has 1 heterocycles. The van der Waals surface area contributed by atoms with Crippen molar-refractivity contribution in [3.05, 3.63) is 41.6 Å². The predicted octanol–water partition coefficient (Wildman–Crippen LogP) is 5.73. The maximum absolute atomic E-state index is 13.0. The summed E-state index contributed by atoms with van der Waals surface area (Å²) < 4.78 is 21.6. The van der Waals surface area contributed by atoms with E-state index in [9.17, 15) is 14.4 Å². The third-order valence-electron chi connectivity index (χ3n) is 4.66. The Morgan fingerprint density at radius 1 is 1.00 bits per heavy atom. The molecule has 2 amide bonds. The molecule has 0 aliphatic rings. The monoisotopic (exact) mass is 530 g/mol. The minimum Gasteiger partial charge on any atom is -0.483 e. The number of hydrogen-bond acceptors (Lipinski definition) is 10. The second-order valence-electron chi connectivity index (χ2n) is 10.4. The summed E-state index contributed by atoms with van der Waals surface area (Å²) in [5.74, 6) is -0.107. The van der Waals surface area contributed by atoms with E-state index >= 15 is 0 Å². The van der Waals surface area contributed by atoms with Gasteiger partial charge in [0.15, 0.2) is 11.6 Å². The number of amides is 2. The predicted molar refractivity (Wildman–Crippen MR) is 142 cm³/mol. The van der Waals surface area contributed by atoms with E-state index in [-0.39, 0.29) is 18.4 Å². The van der Waals surface area contributed by atoms with Gasteiger partial charge in [-0.15, -0.1) is 4.90 Å². The number of ether oxygens (including phenoxy) is 4. The molecule has 208 valence electrons. The molecule has 1 N–H and O–H groups in total. The normalized spacial score (nSPS) is 11.4. The van der Waals surface area contributed by atoms with E-state index < -0.39 is 29.4 Å². The Labute approximate surface area is 223 Å². The molecule has 0 fully saturated rings. The van der Waals surface area contributed by atoms with Gasteiger partial charge in [0.05, 0.1) is 18.9 Å². The van der Waals surface area contributed by atoms with Crippen LogP contribution in [0.2, 0.25) is 0 Å². The number of carbonyl (C=O) groups is 3. The Balaban J connectivity index is 2.41. The molecule has 0 bridgehead atoms. The molecule has 11 nitrogen and oxygen atoms in total. The van der Waals surface area contributed by atoms with Gasteiger partial charge >= 0.3 is 18.2 Å². The van der Waals surface area contributed by atoms with Crippen LogP contribution in [0.3, 0.4) is 0 Å². The Morgan fingerprint density at radius 3 is 2.18 bits per heavy atom. The van der Waals surface area contributed by atoms with E-state index in [1.807, 2.05) is 6.92 Å². The van der Waals surface area contributed by atoms with E-state index in [2.05, 4.69) is 15.3 Å². The minimum absolute atomic E-state index is 0.109. The van der Waals surface area contributed by atoms with Gasteiger partial charge in [0, 0.05) is 6.54 Å². The summed E-state index contributed by atoms with van der Waals surface area (Å²) in [4.78, 5) is 47.1. The number of benzene rings is 1. The average molecular weight is 531 g/mol. The Bertz CT molecular complexity index is 1100. The first-order chi connectivity index (χ1) is 17.7. The number of esters is 1. The molecule has 38 heavy (non-hydrogen) atoms. The molecule has 0 saturated carbocycles. The number of carbonyl (C=O) groups excluding carboxylic acids is 3. The molecule has 2 aromatic rings. The molecular weight excluding hydrogens is 492 g/mol. The lowest BCUT2D eigenvalue weighted by molar-refractivity contribution is 0.0426. The summed E-state index contributed by atoms with van der Waals surface area (Å²) in [6.07, 6.45) is 1.20. The number of rotatable bonds is 9. The van der Waals surface area contributed by atoms with Gasteiger partial charge in [0.25, 0.3) is 0 Å². The van der Waals surface area contributed by atoms with Crippen molar-refractivity contribution in [2.45, 2.75) is 79.1 Å². The lowest BCUT2D eigenvalue weighted by Gasteiger charge is -2.27. The molecule has 0 aliphatic heterocycles. The maximum atomic E-state index is 13.0. The second-order valence-corrected chi connectivity index (χ2v) is 10.4. The van der Waals surface area contributed by atoms with Crippen LogP contribution in [0.5, 0.6) is 5.75 Å². The Kier molecular flexibility index (Phi) is 10.4. The number of methoxy groups -OCH3 is 1. The summed E-state index contributed by atoms with van der Waals surface area (Å²) in [5.41, 5.74) is -0.629. The van der Waals surface area contributed by atoms with Crippen molar-refractivity contribution in [1.29, 1.82) is 0 Å². The van der Waals surface area contributed by atoms with Crippen molar-refractivity contribution in [3.8, 4) is 5.75 Å². The van der Waals surface area contributed by atoms with Gasteiger partial charge in [-0.05, 0) is 65.7 Å². The number of imide groups is 1.